The lowest BCUT2D eigenvalue weighted by Gasteiger charge is -2.08. The maximum atomic E-state index is 4.75. The minimum absolute atomic E-state index is 0.452. The van der Waals surface area contributed by atoms with Crippen LogP contribution in [0.2, 0.25) is 0 Å². The number of hydrogen-bond acceptors (Lipinski definition) is 2. The quantitative estimate of drug-likeness (QED) is 0.641. The number of rotatable bonds is 2. The van der Waals surface area contributed by atoms with Crippen LogP contribution in [0.15, 0.2) is 77.8 Å². The van der Waals surface area contributed by atoms with Gasteiger partial charge >= 0.3 is 0 Å². The fourth-order valence-electron chi connectivity index (χ4n) is 2.70. The minimum atomic E-state index is 0.452. The van der Waals surface area contributed by atoms with Crippen molar-refractivity contribution in [3.63, 3.8) is 0 Å². The smallest absolute Gasteiger partial charge is 0.0984 e. The molecule has 1 aliphatic heterocycles. The van der Waals surface area contributed by atoms with Crippen LogP contribution in [0.4, 0.5) is 0 Å². The second-order valence-corrected chi connectivity index (χ2v) is 6.42. The van der Waals surface area contributed by atoms with E-state index in [0.717, 1.165) is 11.6 Å². The topological polar surface area (TPSA) is 12.4 Å². The van der Waals surface area contributed by atoms with Crippen LogP contribution in [-0.2, 0) is 0 Å². The van der Waals surface area contributed by atoms with Gasteiger partial charge in [-0.15, -0.1) is 0 Å². The molecule has 3 aromatic carbocycles. The van der Waals surface area contributed by atoms with Crippen molar-refractivity contribution in [2.45, 2.75) is 5.25 Å². The van der Waals surface area contributed by atoms with Gasteiger partial charge in [0.15, 0.2) is 0 Å². The normalized spacial score (nSPS) is 17.9. The summed E-state index contributed by atoms with van der Waals surface area (Å²) in [5.74, 6) is 0. The molecule has 0 spiro atoms. The second-order valence-electron chi connectivity index (χ2n) is 5.22. The third-order valence-electron chi connectivity index (χ3n) is 3.82. The molecule has 0 aromatic heterocycles. The second kappa shape index (κ2) is 5.38. The molecule has 1 heterocycles. The molecular formula is C19H15NS. The molecule has 1 atom stereocenters. The molecule has 0 fully saturated rings. The first-order valence-corrected chi connectivity index (χ1v) is 8.03. The summed E-state index contributed by atoms with van der Waals surface area (Å²) in [6.45, 7) is 0.872. The van der Waals surface area contributed by atoms with Gasteiger partial charge in [0.2, 0.25) is 0 Å². The van der Waals surface area contributed by atoms with E-state index in [4.69, 9.17) is 4.99 Å². The Balaban J connectivity index is 1.62. The Hall–Kier alpha value is -2.06. The van der Waals surface area contributed by atoms with Gasteiger partial charge in [-0.25, -0.2) is 0 Å². The summed E-state index contributed by atoms with van der Waals surface area (Å²) in [6, 6.07) is 25.7. The number of nitrogens with zero attached hydrogens (tertiary/aromatic N) is 1. The minimum Gasteiger partial charge on any atom is -0.276 e. The molecule has 2 heteroatoms. The molecule has 0 saturated carbocycles. The van der Waals surface area contributed by atoms with Gasteiger partial charge in [0.05, 0.1) is 16.8 Å². The number of thioether (sulfide) groups is 1. The molecule has 0 radical (unpaired) electrons. The van der Waals surface area contributed by atoms with Crippen LogP contribution >= 0.6 is 11.8 Å². The first-order valence-electron chi connectivity index (χ1n) is 7.15. The van der Waals surface area contributed by atoms with Gasteiger partial charge in [0.25, 0.3) is 0 Å². The standard InChI is InChI=1S/C19H15NS/c1-2-7-15(8-3-1)18-13-20-19(21-18)17-11-10-14-6-4-5-9-16(14)12-17/h1-12,18H,13H2. The molecule has 0 saturated heterocycles. The van der Waals surface area contributed by atoms with E-state index in [-0.39, 0.29) is 0 Å². The van der Waals surface area contributed by atoms with Gasteiger partial charge < -0.3 is 0 Å². The Morgan fingerprint density at radius 3 is 2.43 bits per heavy atom. The first-order chi connectivity index (χ1) is 10.4. The molecule has 3 aromatic rings. The number of aliphatic imine (C=N–C) groups is 1. The summed E-state index contributed by atoms with van der Waals surface area (Å²) in [7, 11) is 0. The molecule has 21 heavy (non-hydrogen) atoms. The van der Waals surface area contributed by atoms with Gasteiger partial charge in [0.1, 0.15) is 0 Å². The molecule has 0 N–H and O–H groups in total. The number of fused-ring (bicyclic) bond motifs is 1. The summed E-state index contributed by atoms with van der Waals surface area (Å²) in [6.07, 6.45) is 0. The van der Waals surface area contributed by atoms with Crippen molar-refractivity contribution in [2.75, 3.05) is 6.54 Å². The van der Waals surface area contributed by atoms with Crippen LogP contribution in [0, 0.1) is 0 Å². The van der Waals surface area contributed by atoms with Crippen molar-refractivity contribution in [1.82, 2.24) is 0 Å². The summed E-state index contributed by atoms with van der Waals surface area (Å²) >= 11 is 1.88. The predicted octanol–water partition coefficient (Wildman–Crippen LogP) is 5.07. The molecule has 1 unspecified atom stereocenters. The van der Waals surface area contributed by atoms with Crippen molar-refractivity contribution in [3.8, 4) is 0 Å². The largest absolute Gasteiger partial charge is 0.276 e. The summed E-state index contributed by atoms with van der Waals surface area (Å²) in [5, 5.41) is 4.17. The third-order valence-corrected chi connectivity index (χ3v) is 5.12. The Kier molecular flexibility index (Phi) is 3.24. The highest BCUT2D eigenvalue weighted by atomic mass is 32.2. The van der Waals surface area contributed by atoms with E-state index < -0.39 is 0 Å². The van der Waals surface area contributed by atoms with Crippen LogP contribution in [-0.4, -0.2) is 11.6 Å². The highest BCUT2D eigenvalue weighted by Crippen LogP contribution is 2.37. The van der Waals surface area contributed by atoms with Gasteiger partial charge in [-0.3, -0.25) is 4.99 Å². The Morgan fingerprint density at radius 2 is 1.57 bits per heavy atom. The van der Waals surface area contributed by atoms with E-state index in [0.29, 0.717) is 5.25 Å². The van der Waals surface area contributed by atoms with Crippen molar-refractivity contribution in [3.05, 3.63) is 83.9 Å². The maximum Gasteiger partial charge on any atom is 0.0984 e. The summed E-state index contributed by atoms with van der Waals surface area (Å²) in [5.41, 5.74) is 2.60. The molecule has 1 aliphatic rings. The maximum absolute atomic E-state index is 4.75. The average Bonchev–Trinajstić information content (AvgIpc) is 3.05. The molecular weight excluding hydrogens is 274 g/mol. The average molecular weight is 289 g/mol. The fourth-order valence-corrected chi connectivity index (χ4v) is 3.82. The molecule has 102 valence electrons. The first kappa shape index (κ1) is 12.7. The van der Waals surface area contributed by atoms with Gasteiger partial charge in [-0.1, -0.05) is 78.5 Å². The predicted molar refractivity (Wildman–Crippen MR) is 92.1 cm³/mol. The third kappa shape index (κ3) is 2.47. The highest BCUT2D eigenvalue weighted by molar-refractivity contribution is 8.14. The van der Waals surface area contributed by atoms with Gasteiger partial charge in [-0.2, -0.15) is 0 Å². The van der Waals surface area contributed by atoms with Crippen LogP contribution in [0.3, 0.4) is 0 Å². The van der Waals surface area contributed by atoms with Crippen molar-refractivity contribution < 1.29 is 0 Å². The van der Waals surface area contributed by atoms with E-state index in [2.05, 4.69) is 72.8 Å². The lowest BCUT2D eigenvalue weighted by molar-refractivity contribution is 0.966. The lowest BCUT2D eigenvalue weighted by Crippen LogP contribution is -1.94. The highest BCUT2D eigenvalue weighted by Gasteiger charge is 2.22. The van der Waals surface area contributed by atoms with E-state index in [1.165, 1.54) is 21.9 Å². The zero-order valence-corrected chi connectivity index (χ0v) is 12.4. The van der Waals surface area contributed by atoms with Crippen LogP contribution in [0.5, 0.6) is 0 Å². The fraction of sp³-hybridized carbons (Fsp3) is 0.105. The summed E-state index contributed by atoms with van der Waals surface area (Å²) < 4.78 is 0. The number of benzene rings is 3. The SMILES string of the molecule is c1ccc(C2CN=C(c3ccc4ccccc4c3)S2)cc1. The molecule has 0 amide bonds. The molecule has 0 bridgehead atoms. The number of hydrogen-bond donors (Lipinski definition) is 0. The summed E-state index contributed by atoms with van der Waals surface area (Å²) in [4.78, 5) is 4.75. The molecule has 1 nitrogen and oxygen atoms in total. The van der Waals surface area contributed by atoms with Crippen LogP contribution in [0.1, 0.15) is 16.4 Å². The van der Waals surface area contributed by atoms with Crippen LogP contribution in [0.25, 0.3) is 10.8 Å². The Morgan fingerprint density at radius 1 is 0.810 bits per heavy atom. The van der Waals surface area contributed by atoms with Crippen molar-refractivity contribution >= 4 is 27.6 Å². The van der Waals surface area contributed by atoms with Gasteiger partial charge in [-0.05, 0) is 22.4 Å². The molecule has 4 rings (SSSR count). The lowest BCUT2D eigenvalue weighted by atomic mass is 10.1. The van der Waals surface area contributed by atoms with E-state index in [1.807, 2.05) is 11.8 Å². The van der Waals surface area contributed by atoms with E-state index in [9.17, 15) is 0 Å². The zero-order valence-electron chi connectivity index (χ0n) is 11.6. The van der Waals surface area contributed by atoms with E-state index in [1.54, 1.807) is 0 Å². The van der Waals surface area contributed by atoms with Gasteiger partial charge in [0, 0.05) is 5.56 Å². The Labute approximate surface area is 128 Å². The van der Waals surface area contributed by atoms with Crippen molar-refractivity contribution in [1.29, 1.82) is 0 Å². The van der Waals surface area contributed by atoms with Crippen molar-refractivity contribution in [2.24, 2.45) is 4.99 Å². The molecule has 0 aliphatic carbocycles. The van der Waals surface area contributed by atoms with E-state index >= 15 is 0 Å². The zero-order chi connectivity index (χ0) is 14.1. The Bertz CT molecular complexity index is 808. The monoisotopic (exact) mass is 289 g/mol. The van der Waals surface area contributed by atoms with Crippen LogP contribution < -0.4 is 0 Å².